The molecule has 3 aromatic rings. The van der Waals surface area contributed by atoms with Gasteiger partial charge in [0.1, 0.15) is 6.61 Å². The van der Waals surface area contributed by atoms with E-state index in [1.54, 1.807) is 13.1 Å². The number of amides is 2. The summed E-state index contributed by atoms with van der Waals surface area (Å²) >= 11 is 0. The second kappa shape index (κ2) is 9.75. The summed E-state index contributed by atoms with van der Waals surface area (Å²) in [6.07, 6.45) is -0.615. The van der Waals surface area contributed by atoms with Crippen LogP contribution in [-0.2, 0) is 26.2 Å². The third-order valence-corrected chi connectivity index (χ3v) is 5.71. The van der Waals surface area contributed by atoms with Gasteiger partial charge in [0.15, 0.2) is 12.1 Å². The van der Waals surface area contributed by atoms with Gasteiger partial charge in [-0.2, -0.15) is 5.10 Å². The number of carboxylic acid groups (broad SMARTS) is 1. The molecule has 2 aromatic carbocycles. The van der Waals surface area contributed by atoms with Gasteiger partial charge in [-0.25, -0.2) is 15.1 Å². The highest BCUT2D eigenvalue weighted by molar-refractivity contribution is 5.86. The van der Waals surface area contributed by atoms with Gasteiger partial charge in [-0.05, 0) is 35.2 Å². The second-order valence-corrected chi connectivity index (χ2v) is 7.85. The Morgan fingerprint density at radius 3 is 2.24 bits per heavy atom. The summed E-state index contributed by atoms with van der Waals surface area (Å²) in [5.74, 6) is -2.16. The summed E-state index contributed by atoms with van der Waals surface area (Å²) in [5, 5.41) is 15.5. The lowest BCUT2D eigenvalue weighted by atomic mass is 9.98. The van der Waals surface area contributed by atoms with Crippen molar-refractivity contribution in [1.29, 1.82) is 0 Å². The Morgan fingerprint density at radius 1 is 1.06 bits per heavy atom. The van der Waals surface area contributed by atoms with Crippen molar-refractivity contribution in [3.63, 3.8) is 0 Å². The Hall–Kier alpha value is -4.18. The van der Waals surface area contributed by atoms with E-state index in [0.29, 0.717) is 5.69 Å². The van der Waals surface area contributed by atoms with Gasteiger partial charge in [-0.1, -0.05) is 48.5 Å². The smallest absolute Gasteiger partial charge is 0.408 e. The van der Waals surface area contributed by atoms with Crippen molar-refractivity contribution in [2.75, 3.05) is 6.61 Å². The number of alkyl carbamates (subject to hydrolysis) is 1. The molecule has 2 atom stereocenters. The van der Waals surface area contributed by atoms with Gasteiger partial charge in [0.2, 0.25) is 0 Å². The standard InChI is InChI=1S/C24H24N4O6/c1-14(23(30)31)34-27-22(29)21(20-11-12-25-28(20)2)26-24(32)33-13-19-17-9-5-3-7-15(17)16-8-4-6-10-18(16)19/h3-12,14,19,21H,13H2,1-2H3,(H,26,32)(H,27,29)(H,30,31). The van der Waals surface area contributed by atoms with Crippen LogP contribution in [0.15, 0.2) is 60.8 Å². The molecule has 0 saturated heterocycles. The number of carbonyl (C=O) groups excluding carboxylic acids is 2. The van der Waals surface area contributed by atoms with Gasteiger partial charge in [-0.15, -0.1) is 0 Å². The third kappa shape index (κ3) is 4.62. The maximum atomic E-state index is 12.7. The van der Waals surface area contributed by atoms with Crippen LogP contribution in [0.5, 0.6) is 0 Å². The maximum absolute atomic E-state index is 12.7. The lowest BCUT2D eigenvalue weighted by Crippen LogP contribution is -2.43. The molecule has 10 nitrogen and oxygen atoms in total. The van der Waals surface area contributed by atoms with Crippen molar-refractivity contribution in [2.45, 2.75) is 25.0 Å². The molecule has 0 fully saturated rings. The van der Waals surface area contributed by atoms with Gasteiger partial charge >= 0.3 is 12.1 Å². The van der Waals surface area contributed by atoms with Crippen molar-refractivity contribution in [2.24, 2.45) is 7.05 Å². The molecule has 1 aliphatic carbocycles. The zero-order chi connectivity index (χ0) is 24.2. The number of hydrogen-bond donors (Lipinski definition) is 3. The number of aromatic nitrogens is 2. The quantitative estimate of drug-likeness (QED) is 0.437. The number of benzene rings is 2. The predicted molar refractivity (Wildman–Crippen MR) is 120 cm³/mol. The predicted octanol–water partition coefficient (Wildman–Crippen LogP) is 2.52. The van der Waals surface area contributed by atoms with E-state index in [1.807, 2.05) is 48.5 Å². The molecule has 176 valence electrons. The SMILES string of the molecule is CC(ONC(=O)C(NC(=O)OCC1c2ccccc2-c2ccccc21)c1ccnn1C)C(=O)O. The molecule has 3 N–H and O–H groups in total. The van der Waals surface area contributed by atoms with Crippen LogP contribution < -0.4 is 10.8 Å². The number of hydrogen-bond acceptors (Lipinski definition) is 6. The Balaban J connectivity index is 1.46. The molecule has 34 heavy (non-hydrogen) atoms. The first kappa shape index (κ1) is 23.0. The van der Waals surface area contributed by atoms with Crippen LogP contribution in [0.2, 0.25) is 0 Å². The molecule has 1 aromatic heterocycles. The lowest BCUT2D eigenvalue weighted by molar-refractivity contribution is -0.159. The number of ether oxygens (including phenoxy) is 1. The number of hydroxylamine groups is 1. The summed E-state index contributed by atoms with van der Waals surface area (Å²) in [5.41, 5.74) is 6.76. The summed E-state index contributed by atoms with van der Waals surface area (Å²) in [6.45, 7) is 1.34. The van der Waals surface area contributed by atoms with Crippen molar-refractivity contribution in [3.8, 4) is 11.1 Å². The van der Waals surface area contributed by atoms with Gasteiger partial charge in [-0.3, -0.25) is 14.3 Å². The lowest BCUT2D eigenvalue weighted by Gasteiger charge is -2.20. The first-order valence-corrected chi connectivity index (χ1v) is 10.6. The van der Waals surface area contributed by atoms with Crippen LogP contribution in [0.3, 0.4) is 0 Å². The maximum Gasteiger partial charge on any atom is 0.408 e. The van der Waals surface area contributed by atoms with Gasteiger partial charge in [0, 0.05) is 19.2 Å². The first-order chi connectivity index (χ1) is 16.4. The van der Waals surface area contributed by atoms with Crippen molar-refractivity contribution in [1.82, 2.24) is 20.6 Å². The summed E-state index contributed by atoms with van der Waals surface area (Å²) in [6, 6.07) is 16.2. The van der Waals surface area contributed by atoms with E-state index in [2.05, 4.69) is 15.9 Å². The minimum absolute atomic E-state index is 0.0755. The summed E-state index contributed by atoms with van der Waals surface area (Å²) in [4.78, 5) is 41.2. The molecule has 0 spiro atoms. The van der Waals surface area contributed by atoms with Gasteiger partial charge < -0.3 is 15.2 Å². The average Bonchev–Trinajstić information content (AvgIpc) is 3.40. The molecule has 1 aliphatic rings. The highest BCUT2D eigenvalue weighted by Gasteiger charge is 2.31. The normalized spacial score (nSPS) is 13.9. The highest BCUT2D eigenvalue weighted by Crippen LogP contribution is 2.44. The molecule has 2 amide bonds. The van der Waals surface area contributed by atoms with E-state index < -0.39 is 30.1 Å². The van der Waals surface area contributed by atoms with E-state index in [0.717, 1.165) is 22.3 Å². The van der Waals surface area contributed by atoms with E-state index in [1.165, 1.54) is 17.8 Å². The molecule has 0 bridgehead atoms. The number of carboxylic acids is 1. The number of rotatable bonds is 8. The fraction of sp³-hybridized carbons (Fsp3) is 0.250. The fourth-order valence-corrected chi connectivity index (χ4v) is 3.95. The van der Waals surface area contributed by atoms with E-state index in [4.69, 9.17) is 14.7 Å². The van der Waals surface area contributed by atoms with Crippen LogP contribution >= 0.6 is 0 Å². The van der Waals surface area contributed by atoms with E-state index >= 15 is 0 Å². The zero-order valence-corrected chi connectivity index (χ0v) is 18.6. The van der Waals surface area contributed by atoms with E-state index in [9.17, 15) is 14.4 Å². The molecule has 4 rings (SSSR count). The minimum Gasteiger partial charge on any atom is -0.479 e. The Bertz CT molecular complexity index is 1180. The number of aryl methyl sites for hydroxylation is 1. The minimum atomic E-state index is -1.27. The molecular weight excluding hydrogens is 440 g/mol. The topological polar surface area (TPSA) is 132 Å². The molecule has 1 heterocycles. The van der Waals surface area contributed by atoms with Crippen LogP contribution in [0.4, 0.5) is 4.79 Å². The van der Waals surface area contributed by atoms with Crippen LogP contribution in [0.1, 0.15) is 35.7 Å². The monoisotopic (exact) mass is 464 g/mol. The van der Waals surface area contributed by atoms with Gasteiger partial charge in [0.05, 0.1) is 5.69 Å². The Labute approximate surface area is 195 Å². The molecule has 10 heteroatoms. The molecular formula is C24H24N4O6. The van der Waals surface area contributed by atoms with Crippen LogP contribution in [0, 0.1) is 0 Å². The summed E-state index contributed by atoms with van der Waals surface area (Å²) < 4.78 is 6.94. The second-order valence-electron chi connectivity index (χ2n) is 7.85. The van der Waals surface area contributed by atoms with Crippen molar-refractivity contribution in [3.05, 3.63) is 77.6 Å². The van der Waals surface area contributed by atoms with Crippen LogP contribution in [-0.4, -0.2) is 45.6 Å². The molecule has 0 aliphatic heterocycles. The average molecular weight is 464 g/mol. The number of nitrogens with zero attached hydrogens (tertiary/aromatic N) is 2. The van der Waals surface area contributed by atoms with Crippen molar-refractivity contribution < 1.29 is 29.1 Å². The van der Waals surface area contributed by atoms with Crippen LogP contribution in [0.25, 0.3) is 11.1 Å². The largest absolute Gasteiger partial charge is 0.479 e. The number of nitrogens with one attached hydrogen (secondary N) is 2. The highest BCUT2D eigenvalue weighted by atomic mass is 16.7. The Kier molecular flexibility index (Phi) is 6.60. The molecule has 0 radical (unpaired) electrons. The van der Waals surface area contributed by atoms with E-state index in [-0.39, 0.29) is 12.5 Å². The summed E-state index contributed by atoms with van der Waals surface area (Å²) in [7, 11) is 1.61. The molecule has 2 unspecified atom stereocenters. The number of carbonyl (C=O) groups is 3. The first-order valence-electron chi connectivity index (χ1n) is 10.6. The number of aliphatic carboxylic acids is 1. The Morgan fingerprint density at radius 2 is 1.68 bits per heavy atom. The molecule has 0 saturated carbocycles. The van der Waals surface area contributed by atoms with Gasteiger partial charge in [0.25, 0.3) is 5.91 Å². The zero-order valence-electron chi connectivity index (χ0n) is 18.6. The third-order valence-electron chi connectivity index (χ3n) is 5.71. The fourth-order valence-electron chi connectivity index (χ4n) is 3.95. The van der Waals surface area contributed by atoms with Crippen molar-refractivity contribution >= 4 is 18.0 Å². The number of fused-ring (bicyclic) bond motifs is 3.